The quantitative estimate of drug-likeness (QED) is 0.804. The molecule has 0 bridgehead atoms. The molecule has 0 aliphatic carbocycles. The number of amides is 1. The molecule has 0 unspecified atom stereocenters. The van der Waals surface area contributed by atoms with Crippen LogP contribution in [0.15, 0.2) is 12.1 Å². The monoisotopic (exact) mass is 300 g/mol. The van der Waals surface area contributed by atoms with Gasteiger partial charge in [-0.25, -0.2) is 13.6 Å². The highest BCUT2D eigenvalue weighted by molar-refractivity contribution is 6.04. The SMILES string of the molecule is CCN(CC)CCNC(=O)c1cc(F)c(F)cc1C(=O)O. The number of halogens is 2. The van der Waals surface area contributed by atoms with Gasteiger partial charge in [0.1, 0.15) is 0 Å². The number of likely N-dealkylation sites (N-methyl/N-ethyl adjacent to an activating group) is 1. The number of rotatable bonds is 7. The van der Waals surface area contributed by atoms with Crippen LogP contribution in [-0.4, -0.2) is 48.1 Å². The summed E-state index contributed by atoms with van der Waals surface area (Å²) < 4.78 is 26.2. The minimum absolute atomic E-state index is 0.290. The van der Waals surface area contributed by atoms with Crippen molar-refractivity contribution in [3.63, 3.8) is 0 Å². The number of carboxylic acid groups (broad SMARTS) is 1. The highest BCUT2D eigenvalue weighted by Gasteiger charge is 2.20. The van der Waals surface area contributed by atoms with Crippen LogP contribution in [0.4, 0.5) is 8.78 Å². The van der Waals surface area contributed by atoms with Crippen molar-refractivity contribution in [3.05, 3.63) is 34.9 Å². The first kappa shape index (κ1) is 17.0. The summed E-state index contributed by atoms with van der Waals surface area (Å²) in [4.78, 5) is 25.0. The zero-order valence-corrected chi connectivity index (χ0v) is 11.9. The van der Waals surface area contributed by atoms with Gasteiger partial charge in [-0.15, -0.1) is 0 Å². The number of hydrogen-bond acceptors (Lipinski definition) is 3. The van der Waals surface area contributed by atoms with Gasteiger partial charge in [0.25, 0.3) is 5.91 Å². The Hall–Kier alpha value is -2.02. The molecule has 2 N–H and O–H groups in total. The van der Waals surface area contributed by atoms with Crippen LogP contribution in [0.1, 0.15) is 34.6 Å². The van der Waals surface area contributed by atoms with Gasteiger partial charge in [0.05, 0.1) is 11.1 Å². The zero-order valence-electron chi connectivity index (χ0n) is 11.9. The second-order valence-corrected chi connectivity index (χ2v) is 4.40. The van der Waals surface area contributed by atoms with Gasteiger partial charge in [0.2, 0.25) is 0 Å². The van der Waals surface area contributed by atoms with Crippen LogP contribution in [-0.2, 0) is 0 Å². The predicted octanol–water partition coefficient (Wildman–Crippen LogP) is 1.73. The highest BCUT2D eigenvalue weighted by atomic mass is 19.2. The molecule has 116 valence electrons. The van der Waals surface area contributed by atoms with Crippen molar-refractivity contribution in [2.24, 2.45) is 0 Å². The van der Waals surface area contributed by atoms with Crippen LogP contribution in [0.25, 0.3) is 0 Å². The Kier molecular flexibility index (Phi) is 6.23. The first-order valence-corrected chi connectivity index (χ1v) is 6.63. The van der Waals surface area contributed by atoms with E-state index in [4.69, 9.17) is 5.11 Å². The minimum Gasteiger partial charge on any atom is -0.478 e. The third kappa shape index (κ3) is 4.49. The molecule has 7 heteroatoms. The molecule has 0 heterocycles. The second-order valence-electron chi connectivity index (χ2n) is 4.40. The maximum absolute atomic E-state index is 13.2. The smallest absolute Gasteiger partial charge is 0.336 e. The molecular weight excluding hydrogens is 282 g/mol. The van der Waals surface area contributed by atoms with Gasteiger partial charge < -0.3 is 15.3 Å². The van der Waals surface area contributed by atoms with Crippen LogP contribution in [0.5, 0.6) is 0 Å². The van der Waals surface area contributed by atoms with Crippen LogP contribution < -0.4 is 5.32 Å². The standard InChI is InChI=1S/C14H18F2N2O3/c1-3-18(4-2)6-5-17-13(19)9-7-11(15)12(16)8-10(9)14(20)21/h7-8H,3-6H2,1-2H3,(H,17,19)(H,20,21). The summed E-state index contributed by atoms with van der Waals surface area (Å²) in [7, 11) is 0. The van der Waals surface area contributed by atoms with Gasteiger partial charge in [0.15, 0.2) is 11.6 Å². The van der Waals surface area contributed by atoms with Crippen LogP contribution in [0.2, 0.25) is 0 Å². The third-order valence-electron chi connectivity index (χ3n) is 3.14. The first-order valence-electron chi connectivity index (χ1n) is 6.63. The molecule has 0 aliphatic rings. The van der Waals surface area contributed by atoms with Crippen molar-refractivity contribution in [2.75, 3.05) is 26.2 Å². The van der Waals surface area contributed by atoms with Gasteiger partial charge >= 0.3 is 5.97 Å². The Balaban J connectivity index is 2.82. The number of nitrogens with one attached hydrogen (secondary N) is 1. The van der Waals surface area contributed by atoms with E-state index in [0.29, 0.717) is 25.2 Å². The van der Waals surface area contributed by atoms with Gasteiger partial charge in [-0.1, -0.05) is 13.8 Å². The van der Waals surface area contributed by atoms with E-state index in [1.807, 2.05) is 13.8 Å². The van der Waals surface area contributed by atoms with Crippen LogP contribution in [0.3, 0.4) is 0 Å². The average molecular weight is 300 g/mol. The summed E-state index contributed by atoms with van der Waals surface area (Å²) in [5.74, 6) is -4.78. The van der Waals surface area contributed by atoms with E-state index in [0.717, 1.165) is 13.1 Å². The van der Waals surface area contributed by atoms with E-state index in [1.54, 1.807) is 0 Å². The van der Waals surface area contributed by atoms with Crippen molar-refractivity contribution in [2.45, 2.75) is 13.8 Å². The molecule has 0 saturated carbocycles. The topological polar surface area (TPSA) is 69.6 Å². The lowest BCUT2D eigenvalue weighted by Crippen LogP contribution is -2.35. The van der Waals surface area contributed by atoms with Crippen molar-refractivity contribution in [1.82, 2.24) is 10.2 Å². The normalized spacial score (nSPS) is 10.7. The zero-order chi connectivity index (χ0) is 16.0. The van der Waals surface area contributed by atoms with E-state index in [1.165, 1.54) is 0 Å². The van der Waals surface area contributed by atoms with E-state index in [-0.39, 0.29) is 5.56 Å². The summed E-state index contributed by atoms with van der Waals surface area (Å²) in [6.45, 7) is 6.46. The predicted molar refractivity (Wildman–Crippen MR) is 73.4 cm³/mol. The number of carbonyl (C=O) groups excluding carboxylic acids is 1. The molecule has 0 aliphatic heterocycles. The van der Waals surface area contributed by atoms with E-state index in [9.17, 15) is 18.4 Å². The average Bonchev–Trinajstić information content (AvgIpc) is 2.45. The summed E-state index contributed by atoms with van der Waals surface area (Å²) in [5.41, 5.74) is -0.949. The number of hydrogen-bond donors (Lipinski definition) is 2. The van der Waals surface area contributed by atoms with Gasteiger partial charge in [-0.3, -0.25) is 4.79 Å². The number of benzene rings is 1. The highest BCUT2D eigenvalue weighted by Crippen LogP contribution is 2.15. The molecule has 21 heavy (non-hydrogen) atoms. The molecule has 1 aromatic carbocycles. The van der Waals surface area contributed by atoms with Gasteiger partial charge in [0, 0.05) is 13.1 Å². The molecular formula is C14H18F2N2O3. The molecule has 0 saturated heterocycles. The molecule has 1 aromatic rings. The number of aromatic carboxylic acids is 1. The van der Waals surface area contributed by atoms with E-state index in [2.05, 4.69) is 10.2 Å². The van der Waals surface area contributed by atoms with Crippen molar-refractivity contribution >= 4 is 11.9 Å². The van der Waals surface area contributed by atoms with Gasteiger partial charge in [-0.2, -0.15) is 0 Å². The molecule has 5 nitrogen and oxygen atoms in total. The Labute approximate surface area is 121 Å². The largest absolute Gasteiger partial charge is 0.478 e. The van der Waals surface area contributed by atoms with Crippen molar-refractivity contribution < 1.29 is 23.5 Å². The summed E-state index contributed by atoms with van der Waals surface area (Å²) in [6.07, 6.45) is 0. The molecule has 0 spiro atoms. The molecule has 0 radical (unpaired) electrons. The fourth-order valence-corrected chi connectivity index (χ4v) is 1.87. The molecule has 0 atom stereocenters. The molecule has 0 aromatic heterocycles. The van der Waals surface area contributed by atoms with Crippen LogP contribution in [0, 0.1) is 11.6 Å². The number of nitrogens with zero attached hydrogens (tertiary/aromatic N) is 1. The van der Waals surface area contributed by atoms with Crippen molar-refractivity contribution in [1.29, 1.82) is 0 Å². The lowest BCUT2D eigenvalue weighted by atomic mass is 10.1. The Bertz CT molecular complexity index is 531. The molecule has 0 fully saturated rings. The Morgan fingerprint density at radius 2 is 1.67 bits per heavy atom. The summed E-state index contributed by atoms with van der Waals surface area (Å²) >= 11 is 0. The van der Waals surface area contributed by atoms with Crippen LogP contribution >= 0.6 is 0 Å². The Morgan fingerprint density at radius 3 is 2.14 bits per heavy atom. The first-order chi connectivity index (χ1) is 9.90. The Morgan fingerprint density at radius 1 is 1.14 bits per heavy atom. The summed E-state index contributed by atoms with van der Waals surface area (Å²) in [5, 5.41) is 11.4. The lowest BCUT2D eigenvalue weighted by Gasteiger charge is -2.18. The van der Waals surface area contributed by atoms with Gasteiger partial charge in [-0.05, 0) is 25.2 Å². The maximum atomic E-state index is 13.2. The fraction of sp³-hybridized carbons (Fsp3) is 0.429. The number of carboxylic acids is 1. The molecule has 1 rings (SSSR count). The minimum atomic E-state index is -1.48. The third-order valence-corrected chi connectivity index (χ3v) is 3.14. The van der Waals surface area contributed by atoms with E-state index < -0.39 is 29.1 Å². The lowest BCUT2D eigenvalue weighted by molar-refractivity contribution is 0.0690. The summed E-state index contributed by atoms with van der Waals surface area (Å²) in [6, 6.07) is 1.11. The molecule has 1 amide bonds. The van der Waals surface area contributed by atoms with Crippen molar-refractivity contribution in [3.8, 4) is 0 Å². The maximum Gasteiger partial charge on any atom is 0.336 e. The second kappa shape index (κ2) is 7.68. The van der Waals surface area contributed by atoms with E-state index >= 15 is 0 Å². The fourth-order valence-electron chi connectivity index (χ4n) is 1.87. The number of carbonyl (C=O) groups is 2.